The molecule has 0 aromatic heterocycles. The molecule has 1 aliphatic rings. The van der Waals surface area contributed by atoms with E-state index in [0.717, 1.165) is 10.8 Å². The summed E-state index contributed by atoms with van der Waals surface area (Å²) in [7, 11) is 0. The van der Waals surface area contributed by atoms with Crippen LogP contribution in [0.2, 0.25) is 0 Å². The topological polar surface area (TPSA) is 55.8 Å². The van der Waals surface area contributed by atoms with Crippen molar-refractivity contribution in [2.45, 2.75) is 67.7 Å². The molecule has 0 radical (unpaired) electrons. The molecule has 0 heterocycles. The van der Waals surface area contributed by atoms with E-state index in [2.05, 4.69) is 48.5 Å². The second-order valence-electron chi connectivity index (χ2n) is 10.8. The Hall–Kier alpha value is -3.01. The van der Waals surface area contributed by atoms with Gasteiger partial charge in [-0.05, 0) is 60.6 Å². The molecule has 0 fully saturated rings. The van der Waals surface area contributed by atoms with Crippen LogP contribution in [0.5, 0.6) is 11.5 Å². The van der Waals surface area contributed by atoms with Gasteiger partial charge in [-0.1, -0.05) is 65.3 Å². The van der Waals surface area contributed by atoms with Gasteiger partial charge in [0, 0.05) is 10.8 Å². The second kappa shape index (κ2) is 9.32. The lowest BCUT2D eigenvalue weighted by Gasteiger charge is -2.26. The molecule has 3 rings (SSSR count). The summed E-state index contributed by atoms with van der Waals surface area (Å²) in [6, 6.07) is 11.7. The Morgan fingerprint density at radius 2 is 1.47 bits per heavy atom. The summed E-state index contributed by atoms with van der Waals surface area (Å²) in [4.78, 5) is 13.4. The minimum absolute atomic E-state index is 0.00847. The van der Waals surface area contributed by atoms with Gasteiger partial charge in [-0.2, -0.15) is 0 Å². The summed E-state index contributed by atoms with van der Waals surface area (Å²) in [6.07, 6.45) is 0. The highest BCUT2D eigenvalue weighted by Crippen LogP contribution is 2.42. The number of hydrogen-bond donors (Lipinski definition) is 1. The van der Waals surface area contributed by atoms with Gasteiger partial charge in [0.2, 0.25) is 5.78 Å². The number of hydrogen-bond acceptors (Lipinski definition) is 4. The van der Waals surface area contributed by atoms with E-state index in [0.29, 0.717) is 46.6 Å². The number of benzene rings is 2. The highest BCUT2D eigenvalue weighted by atomic mass is 16.5. The van der Waals surface area contributed by atoms with Crippen LogP contribution in [0, 0.1) is 5.41 Å². The lowest BCUT2D eigenvalue weighted by atomic mass is 9.79. The Morgan fingerprint density at radius 1 is 0.853 bits per heavy atom. The van der Waals surface area contributed by atoms with Gasteiger partial charge in [-0.15, -0.1) is 0 Å². The zero-order valence-corrected chi connectivity index (χ0v) is 22.1. The maximum Gasteiger partial charge on any atom is 0.202 e. The quantitative estimate of drug-likeness (QED) is 0.619. The number of allylic oxidation sites excluding steroid dienone is 2. The van der Waals surface area contributed by atoms with Crippen LogP contribution < -0.4 is 19.9 Å². The van der Waals surface area contributed by atoms with Gasteiger partial charge < -0.3 is 14.6 Å². The van der Waals surface area contributed by atoms with Gasteiger partial charge in [-0.25, -0.2) is 0 Å². The van der Waals surface area contributed by atoms with Crippen molar-refractivity contribution < 1.29 is 19.4 Å². The molecule has 1 N–H and O–H groups in total. The first-order valence-corrected chi connectivity index (χ1v) is 12.1. The van der Waals surface area contributed by atoms with Crippen molar-refractivity contribution in [3.8, 4) is 11.5 Å². The Balaban J connectivity index is 2.23. The van der Waals surface area contributed by atoms with Crippen LogP contribution in [0.1, 0.15) is 73.4 Å². The molecule has 0 bridgehead atoms. The zero-order valence-electron chi connectivity index (χ0n) is 22.1. The fourth-order valence-corrected chi connectivity index (χ4v) is 4.04. The van der Waals surface area contributed by atoms with Crippen molar-refractivity contribution in [3.63, 3.8) is 0 Å². The summed E-state index contributed by atoms with van der Waals surface area (Å²) in [5, 5.41) is 12.7. The van der Waals surface area contributed by atoms with E-state index in [4.69, 9.17) is 9.47 Å². The van der Waals surface area contributed by atoms with Gasteiger partial charge >= 0.3 is 0 Å². The van der Waals surface area contributed by atoms with E-state index in [1.165, 1.54) is 5.57 Å². The molecule has 34 heavy (non-hydrogen) atoms. The van der Waals surface area contributed by atoms with Crippen molar-refractivity contribution in [3.05, 3.63) is 63.7 Å². The fraction of sp³-hybridized carbons (Fsp3) is 0.433. The molecule has 4 heteroatoms. The largest absolute Gasteiger partial charge is 0.506 e. The molecule has 0 spiro atoms. The maximum absolute atomic E-state index is 13.4. The molecule has 182 valence electrons. The van der Waals surface area contributed by atoms with Crippen molar-refractivity contribution in [2.75, 3.05) is 13.2 Å². The third-order valence-corrected chi connectivity index (χ3v) is 6.45. The Morgan fingerprint density at radius 3 is 2.00 bits per heavy atom. The van der Waals surface area contributed by atoms with Crippen molar-refractivity contribution in [1.29, 1.82) is 0 Å². The first-order valence-electron chi connectivity index (χ1n) is 12.1. The molecule has 0 saturated heterocycles. The minimum Gasteiger partial charge on any atom is -0.506 e. The number of aliphatic hydroxyl groups is 1. The molecule has 1 aliphatic carbocycles. The van der Waals surface area contributed by atoms with Crippen LogP contribution in [-0.4, -0.2) is 24.1 Å². The molecule has 0 saturated carbocycles. The van der Waals surface area contributed by atoms with Gasteiger partial charge in [-0.3, -0.25) is 4.79 Å². The first kappa shape index (κ1) is 25.6. The minimum atomic E-state index is -0.202. The lowest BCUT2D eigenvalue weighted by molar-refractivity contribution is -0.110. The van der Waals surface area contributed by atoms with E-state index >= 15 is 0 Å². The standard InChI is InChI=1S/C30H38O4/c1-10-33-23-16-19(18(3)29(4,5)6)12-14-21(23)25-27(31)26(28(25)32)22-15-13-20(30(7,8)9)17-24(22)34-11-2/h12-17,31H,10-11H2,1-9H3/b19-18+,25-21+. The highest BCUT2D eigenvalue weighted by Gasteiger charge is 2.37. The predicted octanol–water partition coefficient (Wildman–Crippen LogP) is 5.70. The summed E-state index contributed by atoms with van der Waals surface area (Å²) in [5.74, 6) is 0.997. The molecular weight excluding hydrogens is 424 g/mol. The van der Waals surface area contributed by atoms with E-state index in [1.54, 1.807) is 0 Å². The van der Waals surface area contributed by atoms with Crippen LogP contribution in [0.4, 0.5) is 0 Å². The molecule has 0 atom stereocenters. The number of carbonyl (C=O) groups is 1. The van der Waals surface area contributed by atoms with Crippen LogP contribution in [-0.2, 0) is 10.2 Å². The van der Waals surface area contributed by atoms with Crippen LogP contribution >= 0.6 is 0 Å². The SMILES string of the molecule is CCOc1cc(C(C)(C)C)ccc1C1=C(O)/C(=c2/cc/c(=C(/C)C(C)(C)C)cc2OCC)C1=O. The highest BCUT2D eigenvalue weighted by molar-refractivity contribution is 6.52. The van der Waals surface area contributed by atoms with Gasteiger partial charge in [0.25, 0.3) is 0 Å². The van der Waals surface area contributed by atoms with E-state index in [9.17, 15) is 9.90 Å². The Kier molecular flexibility index (Phi) is 7.02. The second-order valence-corrected chi connectivity index (χ2v) is 10.8. The lowest BCUT2D eigenvalue weighted by Crippen LogP contribution is -2.29. The molecular formula is C30H38O4. The molecule has 2 aromatic carbocycles. The van der Waals surface area contributed by atoms with E-state index < -0.39 is 0 Å². The van der Waals surface area contributed by atoms with Gasteiger partial charge in [0.1, 0.15) is 17.3 Å². The van der Waals surface area contributed by atoms with Crippen molar-refractivity contribution in [1.82, 2.24) is 0 Å². The number of rotatable bonds is 5. The van der Waals surface area contributed by atoms with Gasteiger partial charge in [0.15, 0.2) is 0 Å². The summed E-state index contributed by atoms with van der Waals surface area (Å²) in [6.45, 7) is 19.8. The molecule has 0 amide bonds. The van der Waals surface area contributed by atoms with E-state index in [-0.39, 0.29) is 22.4 Å². The van der Waals surface area contributed by atoms with Crippen LogP contribution in [0.25, 0.3) is 16.7 Å². The third-order valence-electron chi connectivity index (χ3n) is 6.45. The average molecular weight is 463 g/mol. The molecule has 4 nitrogen and oxygen atoms in total. The monoisotopic (exact) mass is 462 g/mol. The van der Waals surface area contributed by atoms with Crippen molar-refractivity contribution >= 4 is 22.5 Å². The third kappa shape index (κ3) is 4.77. The molecule has 2 aromatic rings. The Labute approximate surface area is 203 Å². The van der Waals surface area contributed by atoms with E-state index in [1.807, 2.05) is 50.2 Å². The summed E-state index contributed by atoms with van der Waals surface area (Å²) < 4.78 is 11.8. The number of ether oxygens (including phenoxy) is 2. The summed E-state index contributed by atoms with van der Waals surface area (Å²) >= 11 is 0. The van der Waals surface area contributed by atoms with Crippen LogP contribution in [0.3, 0.4) is 0 Å². The average Bonchev–Trinajstić information content (AvgIpc) is 2.74. The normalized spacial score (nSPS) is 16.9. The number of carbonyl (C=O) groups excluding carboxylic acids is 1. The summed E-state index contributed by atoms with van der Waals surface area (Å²) in [5.41, 5.74) is 3.49. The van der Waals surface area contributed by atoms with Crippen LogP contribution in [0.15, 0.2) is 42.2 Å². The smallest absolute Gasteiger partial charge is 0.202 e. The fourth-order valence-electron chi connectivity index (χ4n) is 4.04. The predicted molar refractivity (Wildman–Crippen MR) is 140 cm³/mol. The molecule has 0 aliphatic heterocycles. The zero-order chi connectivity index (χ0) is 25.4. The van der Waals surface area contributed by atoms with Gasteiger partial charge in [0.05, 0.1) is 24.4 Å². The first-order chi connectivity index (χ1) is 15.8. The Bertz CT molecular complexity index is 1260. The maximum atomic E-state index is 13.4. The number of ketones is 1. The molecule has 0 unspecified atom stereocenters. The number of aliphatic hydroxyl groups excluding tert-OH is 1. The van der Waals surface area contributed by atoms with Crippen molar-refractivity contribution in [2.24, 2.45) is 5.41 Å². The number of Topliss-reactive ketones (excluding diaryl/α,β-unsaturated/α-hetero) is 1.